The minimum absolute atomic E-state index is 0. The van der Waals surface area contributed by atoms with E-state index >= 15 is 0 Å². The summed E-state index contributed by atoms with van der Waals surface area (Å²) in [7, 11) is 0. The lowest BCUT2D eigenvalue weighted by molar-refractivity contribution is -0.132. The average molecular weight is 334 g/mol. The quantitative estimate of drug-likeness (QED) is 0.474. The first kappa shape index (κ1) is 23.3. The van der Waals surface area contributed by atoms with E-state index in [2.05, 4.69) is 4.98 Å². The molecule has 0 saturated carbocycles. The molecule has 1 heterocycles. The number of rotatable bonds is 4. The van der Waals surface area contributed by atoms with Crippen LogP contribution in [0.1, 0.15) is 40.2 Å². The van der Waals surface area contributed by atoms with Gasteiger partial charge in [-0.1, -0.05) is 32.1 Å². The zero-order valence-corrected chi connectivity index (χ0v) is 14.4. The van der Waals surface area contributed by atoms with E-state index in [4.69, 9.17) is 14.7 Å². The van der Waals surface area contributed by atoms with E-state index in [1.807, 2.05) is 26.8 Å². The van der Waals surface area contributed by atoms with Crippen LogP contribution in [-0.4, -0.2) is 22.4 Å². The van der Waals surface area contributed by atoms with Crippen LogP contribution in [0, 0.1) is 11.3 Å². The molecule has 0 spiro atoms. The van der Waals surface area contributed by atoms with Crippen molar-refractivity contribution in [2.45, 2.75) is 34.6 Å². The van der Waals surface area contributed by atoms with Crippen LogP contribution >= 0.6 is 0 Å². The summed E-state index contributed by atoms with van der Waals surface area (Å²) in [4.78, 5) is 26.5. The van der Waals surface area contributed by atoms with Gasteiger partial charge in [-0.2, -0.15) is 10.2 Å². The highest BCUT2D eigenvalue weighted by Gasteiger charge is 2.13. The van der Waals surface area contributed by atoms with Crippen LogP contribution in [0.5, 0.6) is 11.8 Å². The topological polar surface area (TPSA) is 121 Å². The monoisotopic (exact) mass is 334 g/mol. The number of esters is 2. The molecule has 0 saturated heterocycles. The highest BCUT2D eigenvalue weighted by Crippen LogP contribution is 2.20. The Kier molecular flexibility index (Phi) is 12.2. The van der Waals surface area contributed by atoms with E-state index in [0.717, 1.165) is 0 Å². The van der Waals surface area contributed by atoms with Crippen molar-refractivity contribution in [3.63, 3.8) is 0 Å². The van der Waals surface area contributed by atoms with Gasteiger partial charge in [-0.05, 0) is 19.9 Å². The van der Waals surface area contributed by atoms with Gasteiger partial charge in [-0.3, -0.25) is 4.79 Å². The second-order valence-corrected chi connectivity index (χ2v) is 3.97. The van der Waals surface area contributed by atoms with Crippen LogP contribution in [0.3, 0.4) is 0 Å². The van der Waals surface area contributed by atoms with E-state index in [0.29, 0.717) is 5.57 Å². The van der Waals surface area contributed by atoms with Crippen LogP contribution in [0.4, 0.5) is 0 Å². The Morgan fingerprint density at radius 1 is 1.21 bits per heavy atom. The van der Waals surface area contributed by atoms with E-state index in [9.17, 15) is 9.59 Å². The molecule has 24 heavy (non-hydrogen) atoms. The fourth-order valence-corrected chi connectivity index (χ4v) is 1.26. The lowest BCUT2D eigenvalue weighted by Crippen LogP contribution is -2.11. The van der Waals surface area contributed by atoms with Crippen molar-refractivity contribution < 1.29 is 24.5 Å². The van der Waals surface area contributed by atoms with Gasteiger partial charge in [0.15, 0.2) is 0 Å². The molecule has 7 nitrogen and oxygen atoms in total. The highest BCUT2D eigenvalue weighted by atomic mass is 16.6. The van der Waals surface area contributed by atoms with Gasteiger partial charge < -0.3 is 14.9 Å². The molecule has 0 atom stereocenters. The number of hydrogen-bond donors (Lipinski definition) is 0. The van der Waals surface area contributed by atoms with Crippen LogP contribution < -0.4 is 9.47 Å². The SMILES string of the molecule is C/C=C\C=C(/C)C(=O)Oc1ccc(C#N)c(OC(C)=O)n1.CC.O. The molecule has 0 aliphatic rings. The van der Waals surface area contributed by atoms with E-state index in [1.54, 1.807) is 25.2 Å². The molecule has 0 aromatic carbocycles. The highest BCUT2D eigenvalue weighted by molar-refractivity contribution is 5.89. The molecular formula is C17H22N2O5. The predicted octanol–water partition coefficient (Wildman–Crippen LogP) is 2.51. The van der Waals surface area contributed by atoms with Gasteiger partial charge in [0.2, 0.25) is 11.8 Å². The molecule has 7 heteroatoms. The summed E-state index contributed by atoms with van der Waals surface area (Å²) in [6, 6.07) is 4.54. The molecular weight excluding hydrogens is 312 g/mol. The first-order valence-corrected chi connectivity index (χ1v) is 7.09. The second kappa shape index (κ2) is 12.6. The van der Waals surface area contributed by atoms with Crippen molar-refractivity contribution in [1.29, 1.82) is 5.26 Å². The van der Waals surface area contributed by atoms with Gasteiger partial charge in [0.25, 0.3) is 0 Å². The maximum Gasteiger partial charge on any atom is 0.340 e. The van der Waals surface area contributed by atoms with Crippen LogP contribution in [0.15, 0.2) is 35.9 Å². The first-order valence-electron chi connectivity index (χ1n) is 7.09. The predicted molar refractivity (Wildman–Crippen MR) is 89.4 cm³/mol. The first-order chi connectivity index (χ1) is 11.0. The Balaban J connectivity index is 0. The molecule has 2 N–H and O–H groups in total. The molecule has 0 amide bonds. The molecule has 0 aliphatic heterocycles. The van der Waals surface area contributed by atoms with Crippen LogP contribution in [0.25, 0.3) is 0 Å². The van der Waals surface area contributed by atoms with Gasteiger partial charge in [0.05, 0.1) is 0 Å². The van der Waals surface area contributed by atoms with Crippen LogP contribution in [-0.2, 0) is 9.59 Å². The molecule has 1 aromatic heterocycles. The average Bonchev–Trinajstić information content (AvgIpc) is 2.54. The maximum absolute atomic E-state index is 11.8. The summed E-state index contributed by atoms with van der Waals surface area (Å²) in [6.07, 6.45) is 5.07. The number of pyridine rings is 1. The Morgan fingerprint density at radius 3 is 2.33 bits per heavy atom. The van der Waals surface area contributed by atoms with E-state index in [1.165, 1.54) is 19.1 Å². The van der Waals surface area contributed by atoms with Gasteiger partial charge in [-0.15, -0.1) is 0 Å². The number of nitrogens with zero attached hydrogens (tertiary/aromatic N) is 2. The summed E-state index contributed by atoms with van der Waals surface area (Å²) in [5.74, 6) is -1.44. The third-order valence-corrected chi connectivity index (χ3v) is 2.25. The van der Waals surface area contributed by atoms with Crippen molar-refractivity contribution in [1.82, 2.24) is 4.98 Å². The van der Waals surface area contributed by atoms with Crippen molar-refractivity contribution in [2.75, 3.05) is 0 Å². The van der Waals surface area contributed by atoms with Crippen molar-refractivity contribution in [3.8, 4) is 17.8 Å². The fourth-order valence-electron chi connectivity index (χ4n) is 1.26. The Hall–Kier alpha value is -2.98. The van der Waals surface area contributed by atoms with E-state index < -0.39 is 11.9 Å². The Morgan fingerprint density at radius 2 is 1.83 bits per heavy atom. The molecule has 0 unspecified atom stereocenters. The van der Waals surface area contributed by atoms with E-state index in [-0.39, 0.29) is 22.8 Å². The summed E-state index contributed by atoms with van der Waals surface area (Å²) < 4.78 is 9.84. The summed E-state index contributed by atoms with van der Waals surface area (Å²) in [6.45, 7) is 8.60. The smallest absolute Gasteiger partial charge is 0.340 e. The normalized spacial score (nSPS) is 9.92. The van der Waals surface area contributed by atoms with Crippen molar-refractivity contribution in [2.24, 2.45) is 0 Å². The third kappa shape index (κ3) is 7.87. The number of carbonyl (C=O) groups excluding carboxylic acids is 2. The lowest BCUT2D eigenvalue weighted by atomic mass is 10.2. The number of nitriles is 1. The van der Waals surface area contributed by atoms with Gasteiger partial charge in [-0.25, -0.2) is 4.79 Å². The minimum Gasteiger partial charge on any atom is -0.412 e. The number of hydrogen-bond acceptors (Lipinski definition) is 6. The summed E-state index contributed by atoms with van der Waals surface area (Å²) in [5, 5.41) is 8.88. The zero-order chi connectivity index (χ0) is 17.8. The molecule has 130 valence electrons. The fraction of sp³-hybridized carbons (Fsp3) is 0.294. The number of carbonyl (C=O) groups is 2. The minimum atomic E-state index is -0.619. The number of aromatic nitrogens is 1. The molecule has 1 aromatic rings. The van der Waals surface area contributed by atoms with Gasteiger partial charge in [0, 0.05) is 18.6 Å². The third-order valence-electron chi connectivity index (χ3n) is 2.25. The largest absolute Gasteiger partial charge is 0.412 e. The Labute approximate surface area is 141 Å². The van der Waals surface area contributed by atoms with Gasteiger partial charge >= 0.3 is 11.9 Å². The number of allylic oxidation sites excluding steroid dienone is 3. The lowest BCUT2D eigenvalue weighted by Gasteiger charge is -2.06. The Bertz CT molecular complexity index is 657. The molecule has 0 fully saturated rings. The second-order valence-electron chi connectivity index (χ2n) is 3.97. The molecule has 0 bridgehead atoms. The summed E-state index contributed by atoms with van der Waals surface area (Å²) in [5.41, 5.74) is 0.458. The molecule has 1 rings (SSSR count). The van der Waals surface area contributed by atoms with Crippen molar-refractivity contribution >= 4 is 11.9 Å². The standard InChI is InChI=1S/C15H14N2O4.C2H6.H2O/c1-4-5-6-10(2)15(19)21-13-8-7-12(9-16)14(17-13)20-11(3)18;1-2;/h4-8H,1-3H3;1-2H3;1H2/b5-4-,10-6+;;. The molecule has 0 aliphatic carbocycles. The summed E-state index contributed by atoms with van der Waals surface area (Å²) >= 11 is 0. The van der Waals surface area contributed by atoms with Crippen molar-refractivity contribution in [3.05, 3.63) is 41.5 Å². The zero-order valence-electron chi connectivity index (χ0n) is 14.4. The van der Waals surface area contributed by atoms with Crippen LogP contribution in [0.2, 0.25) is 0 Å². The maximum atomic E-state index is 11.8. The number of ether oxygens (including phenoxy) is 2. The van der Waals surface area contributed by atoms with Gasteiger partial charge in [0.1, 0.15) is 11.6 Å². The molecule has 0 radical (unpaired) electrons.